The van der Waals surface area contributed by atoms with Gasteiger partial charge in [-0.15, -0.1) is 0 Å². The maximum absolute atomic E-state index is 5.65. The van der Waals surface area contributed by atoms with E-state index in [1.807, 2.05) is 24.3 Å². The molecule has 0 amide bonds. The smallest absolute Gasteiger partial charge is 0.295 e. The van der Waals surface area contributed by atoms with Gasteiger partial charge >= 0.3 is 0 Å². The predicted octanol–water partition coefficient (Wildman–Crippen LogP) is 5.39. The molecule has 2 N–H and O–H groups in total. The number of imidazole rings is 1. The Morgan fingerprint density at radius 2 is 1.96 bits per heavy atom. The largest absolute Gasteiger partial charge is 0.424 e. The molecule has 2 heterocycles. The third kappa shape index (κ3) is 4.02. The van der Waals surface area contributed by atoms with E-state index in [0.717, 1.165) is 52.4 Å². The fourth-order valence-corrected chi connectivity index (χ4v) is 3.77. The highest BCUT2D eigenvalue weighted by Gasteiger charge is 2.05. The minimum atomic E-state index is 0.609. The van der Waals surface area contributed by atoms with Crippen molar-refractivity contribution < 1.29 is 4.42 Å². The van der Waals surface area contributed by atoms with E-state index in [4.69, 9.17) is 4.42 Å². The van der Waals surface area contributed by atoms with E-state index in [-0.39, 0.29) is 0 Å². The molecule has 26 heavy (non-hydrogen) atoms. The van der Waals surface area contributed by atoms with Crippen LogP contribution in [-0.2, 0) is 0 Å². The fourth-order valence-electron chi connectivity index (χ4n) is 2.88. The van der Waals surface area contributed by atoms with Crippen molar-refractivity contribution in [3.05, 3.63) is 48.0 Å². The highest BCUT2D eigenvalue weighted by Crippen LogP contribution is 2.22. The Morgan fingerprint density at radius 3 is 2.88 bits per heavy atom. The molecule has 0 atom stereocenters. The molecule has 0 bridgehead atoms. The van der Waals surface area contributed by atoms with Crippen molar-refractivity contribution in [2.24, 2.45) is 0 Å². The number of hydrogen-bond acceptors (Lipinski definition) is 5. The Balaban J connectivity index is 1.16. The van der Waals surface area contributed by atoms with Crippen LogP contribution in [0.3, 0.4) is 0 Å². The summed E-state index contributed by atoms with van der Waals surface area (Å²) in [6, 6.07) is 14.7. The van der Waals surface area contributed by atoms with Crippen molar-refractivity contribution in [1.29, 1.82) is 0 Å². The number of nitrogens with zero attached hydrogens (tertiary/aromatic N) is 2. The molecule has 0 aliphatic heterocycles. The molecule has 2 aromatic carbocycles. The van der Waals surface area contributed by atoms with Crippen LogP contribution in [0.2, 0.25) is 0 Å². The molecule has 0 saturated heterocycles. The van der Waals surface area contributed by atoms with Gasteiger partial charge in [0, 0.05) is 12.3 Å². The highest BCUT2D eigenvalue weighted by atomic mass is 32.2. The second-order valence-electron chi connectivity index (χ2n) is 6.39. The Bertz CT molecular complexity index is 974. The summed E-state index contributed by atoms with van der Waals surface area (Å²) in [7, 11) is 0. The molecule has 2 aromatic heterocycles. The maximum atomic E-state index is 5.65. The van der Waals surface area contributed by atoms with Gasteiger partial charge in [-0.25, -0.2) is 4.98 Å². The van der Waals surface area contributed by atoms with Crippen molar-refractivity contribution in [3.63, 3.8) is 0 Å². The summed E-state index contributed by atoms with van der Waals surface area (Å²) in [5.74, 6) is 1.07. The molecule has 0 aliphatic rings. The summed E-state index contributed by atoms with van der Waals surface area (Å²) >= 11 is 1.79. The van der Waals surface area contributed by atoms with Crippen molar-refractivity contribution in [2.45, 2.75) is 31.3 Å². The van der Waals surface area contributed by atoms with E-state index >= 15 is 0 Å². The average Bonchev–Trinajstić information content (AvgIpc) is 3.23. The van der Waals surface area contributed by atoms with Crippen LogP contribution in [0.1, 0.15) is 24.8 Å². The normalized spacial score (nSPS) is 11.4. The topological polar surface area (TPSA) is 66.7 Å². The van der Waals surface area contributed by atoms with E-state index in [2.05, 4.69) is 45.4 Å². The van der Waals surface area contributed by atoms with Crippen LogP contribution >= 0.6 is 11.8 Å². The summed E-state index contributed by atoms with van der Waals surface area (Å²) in [5.41, 5.74) is 5.14. The van der Waals surface area contributed by atoms with E-state index in [1.54, 1.807) is 11.8 Å². The Hall–Kier alpha value is -2.47. The lowest BCUT2D eigenvalue weighted by molar-refractivity contribution is 0.609. The zero-order valence-electron chi connectivity index (χ0n) is 14.8. The Morgan fingerprint density at radius 1 is 1.04 bits per heavy atom. The lowest BCUT2D eigenvalue weighted by Crippen LogP contribution is -2.01. The number of rotatable bonds is 8. The second-order valence-corrected chi connectivity index (χ2v) is 7.47. The Kier molecular flexibility index (Phi) is 5.11. The van der Waals surface area contributed by atoms with Gasteiger partial charge in [0.1, 0.15) is 5.52 Å². The first kappa shape index (κ1) is 17.0. The van der Waals surface area contributed by atoms with Crippen molar-refractivity contribution >= 4 is 39.9 Å². The number of oxazole rings is 1. The third-order valence-electron chi connectivity index (χ3n) is 4.25. The number of hydrogen-bond donors (Lipinski definition) is 2. The lowest BCUT2D eigenvalue weighted by atomic mass is 10.2. The van der Waals surface area contributed by atoms with E-state index in [0.29, 0.717) is 6.01 Å². The molecule has 4 rings (SSSR count). The predicted molar refractivity (Wildman–Crippen MR) is 108 cm³/mol. The molecule has 0 aliphatic carbocycles. The number of para-hydroxylation sites is 2. The number of aromatic amines is 1. The first-order valence-corrected chi connectivity index (χ1v) is 9.95. The van der Waals surface area contributed by atoms with Gasteiger partial charge in [-0.3, -0.25) is 0 Å². The summed E-state index contributed by atoms with van der Waals surface area (Å²) < 4.78 is 5.65. The highest BCUT2D eigenvalue weighted by molar-refractivity contribution is 7.99. The first-order chi connectivity index (χ1) is 12.8. The van der Waals surface area contributed by atoms with Gasteiger partial charge in [-0.2, -0.15) is 4.98 Å². The number of anilines is 1. The maximum Gasteiger partial charge on any atom is 0.295 e. The number of thioether (sulfide) groups is 1. The lowest BCUT2D eigenvalue weighted by Gasteiger charge is -2.01. The van der Waals surface area contributed by atoms with Gasteiger partial charge in [0.15, 0.2) is 10.7 Å². The first-order valence-electron chi connectivity index (χ1n) is 8.96. The van der Waals surface area contributed by atoms with Gasteiger partial charge < -0.3 is 14.7 Å². The Labute approximate surface area is 156 Å². The van der Waals surface area contributed by atoms with Crippen molar-refractivity contribution in [3.8, 4) is 0 Å². The quantitative estimate of drug-likeness (QED) is 0.323. The summed E-state index contributed by atoms with van der Waals surface area (Å²) in [6.07, 6.45) is 3.42. The second kappa shape index (κ2) is 7.83. The van der Waals surface area contributed by atoms with Crippen LogP contribution in [0.15, 0.2) is 52.0 Å². The van der Waals surface area contributed by atoms with Gasteiger partial charge in [0.25, 0.3) is 6.01 Å². The number of unbranched alkanes of at least 4 members (excludes halogenated alkanes) is 2. The van der Waals surface area contributed by atoms with Crippen LogP contribution in [0.25, 0.3) is 22.1 Å². The van der Waals surface area contributed by atoms with E-state index in [9.17, 15) is 0 Å². The van der Waals surface area contributed by atoms with E-state index < -0.39 is 0 Å². The minimum Gasteiger partial charge on any atom is -0.424 e. The summed E-state index contributed by atoms with van der Waals surface area (Å²) in [4.78, 5) is 12.4. The van der Waals surface area contributed by atoms with Crippen molar-refractivity contribution in [2.75, 3.05) is 17.6 Å². The number of nitrogens with one attached hydrogen (secondary N) is 2. The minimum absolute atomic E-state index is 0.609. The number of fused-ring (bicyclic) bond motifs is 2. The zero-order valence-corrected chi connectivity index (χ0v) is 15.6. The van der Waals surface area contributed by atoms with Gasteiger partial charge in [-0.05, 0) is 49.6 Å². The molecule has 0 spiro atoms. The van der Waals surface area contributed by atoms with E-state index in [1.165, 1.54) is 12.0 Å². The van der Waals surface area contributed by atoms with Crippen LogP contribution in [0, 0.1) is 6.92 Å². The van der Waals surface area contributed by atoms with Crippen LogP contribution in [0.4, 0.5) is 6.01 Å². The van der Waals surface area contributed by atoms with Crippen molar-refractivity contribution in [1.82, 2.24) is 15.0 Å². The molecule has 0 radical (unpaired) electrons. The monoisotopic (exact) mass is 366 g/mol. The molecular formula is C20H22N4OS. The van der Waals surface area contributed by atoms with Gasteiger partial charge in [0.05, 0.1) is 11.0 Å². The molecular weight excluding hydrogens is 344 g/mol. The average molecular weight is 366 g/mol. The molecule has 6 heteroatoms. The van der Waals surface area contributed by atoms with Crippen LogP contribution in [0.5, 0.6) is 0 Å². The standard InChI is InChI=1S/C20H22N4OS/c1-14-9-10-15-17(13-14)24-20(23-15)26-12-6-2-5-11-21-19-22-16-7-3-4-8-18(16)25-19/h3-4,7-10,13H,2,5-6,11-12H2,1H3,(H,21,22)(H,23,24). The molecule has 0 unspecified atom stereocenters. The zero-order chi connectivity index (χ0) is 17.8. The van der Waals surface area contributed by atoms with Crippen LogP contribution < -0.4 is 5.32 Å². The molecule has 4 aromatic rings. The molecule has 134 valence electrons. The number of aromatic nitrogens is 3. The van der Waals surface area contributed by atoms with Gasteiger partial charge in [0.2, 0.25) is 0 Å². The molecule has 5 nitrogen and oxygen atoms in total. The third-order valence-corrected chi connectivity index (χ3v) is 5.21. The number of H-pyrrole nitrogens is 1. The van der Waals surface area contributed by atoms with Gasteiger partial charge in [-0.1, -0.05) is 36.4 Å². The molecule has 0 fully saturated rings. The SMILES string of the molecule is Cc1ccc2nc(SCCCCCNc3nc4ccccc4o3)[nH]c2c1. The number of benzene rings is 2. The number of aryl methyl sites for hydroxylation is 1. The summed E-state index contributed by atoms with van der Waals surface area (Å²) in [6.45, 7) is 2.98. The fraction of sp³-hybridized carbons (Fsp3) is 0.300. The molecule has 0 saturated carbocycles. The van der Waals surface area contributed by atoms with Crippen LogP contribution in [-0.4, -0.2) is 27.2 Å². The summed E-state index contributed by atoms with van der Waals surface area (Å²) in [5, 5.41) is 4.27.